The molecule has 0 spiro atoms. The fourth-order valence-electron chi connectivity index (χ4n) is 4.28. The topological polar surface area (TPSA) is 39.7 Å². The Morgan fingerprint density at radius 3 is 2.39 bits per heavy atom. The zero-order valence-corrected chi connectivity index (χ0v) is 16.6. The van der Waals surface area contributed by atoms with Crippen molar-refractivity contribution in [1.29, 1.82) is 0 Å². The highest BCUT2D eigenvalue weighted by Crippen LogP contribution is 2.29. The number of amides is 1. The molecule has 2 atom stereocenters. The largest absolute Gasteiger partial charge is 0.417 e. The summed E-state index contributed by atoms with van der Waals surface area (Å²) in [7, 11) is 0. The van der Waals surface area contributed by atoms with E-state index in [0.29, 0.717) is 25.5 Å². The van der Waals surface area contributed by atoms with Gasteiger partial charge in [-0.1, -0.05) is 0 Å². The summed E-state index contributed by atoms with van der Waals surface area (Å²) < 4.78 is 38.1. The summed E-state index contributed by atoms with van der Waals surface area (Å²) in [6.45, 7) is 7.52. The van der Waals surface area contributed by atoms with Crippen LogP contribution in [0, 0.1) is 0 Å². The first-order valence-corrected chi connectivity index (χ1v) is 10.1. The van der Waals surface area contributed by atoms with Gasteiger partial charge in [0.2, 0.25) is 5.91 Å². The van der Waals surface area contributed by atoms with E-state index in [1.54, 1.807) is 0 Å². The number of aromatic nitrogens is 1. The molecule has 1 aromatic heterocycles. The number of carbonyl (C=O) groups excluding carboxylic acids is 1. The minimum atomic E-state index is -4.37. The van der Waals surface area contributed by atoms with Gasteiger partial charge in [-0.05, 0) is 51.7 Å². The third kappa shape index (κ3) is 4.96. The molecule has 0 aromatic carbocycles. The monoisotopic (exact) mass is 398 g/mol. The van der Waals surface area contributed by atoms with Crippen LogP contribution in [0.2, 0.25) is 0 Å². The normalized spacial score (nSPS) is 24.9. The molecule has 3 heterocycles. The van der Waals surface area contributed by atoms with E-state index in [1.165, 1.54) is 12.5 Å². The molecule has 2 unspecified atom stereocenters. The van der Waals surface area contributed by atoms with Gasteiger partial charge in [-0.25, -0.2) is 4.98 Å². The lowest BCUT2D eigenvalue weighted by molar-refractivity contribution is -0.139. The number of rotatable bonds is 3. The first-order valence-electron chi connectivity index (χ1n) is 10.1. The third-order valence-electron chi connectivity index (χ3n) is 5.83. The minimum absolute atomic E-state index is 0.181. The van der Waals surface area contributed by atoms with Crippen molar-refractivity contribution >= 4 is 11.7 Å². The van der Waals surface area contributed by atoms with Crippen molar-refractivity contribution in [1.82, 2.24) is 14.8 Å². The van der Waals surface area contributed by atoms with Crippen molar-refractivity contribution in [3.8, 4) is 0 Å². The number of likely N-dealkylation sites (tertiary alicyclic amines) is 1. The number of anilines is 1. The summed E-state index contributed by atoms with van der Waals surface area (Å²) in [5.41, 5.74) is -0.733. The molecule has 8 heteroatoms. The molecule has 3 rings (SSSR count). The summed E-state index contributed by atoms with van der Waals surface area (Å²) in [6.07, 6.45) is 0.657. The highest BCUT2D eigenvalue weighted by molar-refractivity contribution is 5.79. The summed E-state index contributed by atoms with van der Waals surface area (Å²) in [5, 5.41) is 0. The fraction of sp³-hybridized carbons (Fsp3) is 0.700. The van der Waals surface area contributed by atoms with E-state index in [9.17, 15) is 18.0 Å². The molecule has 2 saturated heterocycles. The SMILES string of the molecule is CC1CCCC(C)N1C(=O)CN1CCCN(c2ccc(C(F)(F)F)cn2)CC1. The molecule has 28 heavy (non-hydrogen) atoms. The van der Waals surface area contributed by atoms with E-state index in [2.05, 4.69) is 23.7 Å². The molecule has 0 radical (unpaired) electrons. The molecular formula is C20H29F3N4O. The van der Waals surface area contributed by atoms with Crippen LogP contribution in [0.3, 0.4) is 0 Å². The summed E-state index contributed by atoms with van der Waals surface area (Å²) in [4.78, 5) is 23.0. The molecule has 0 N–H and O–H groups in total. The third-order valence-corrected chi connectivity index (χ3v) is 5.83. The number of hydrogen-bond acceptors (Lipinski definition) is 4. The number of alkyl halides is 3. The van der Waals surface area contributed by atoms with Crippen LogP contribution in [-0.2, 0) is 11.0 Å². The van der Waals surface area contributed by atoms with Crippen molar-refractivity contribution < 1.29 is 18.0 Å². The fourth-order valence-corrected chi connectivity index (χ4v) is 4.28. The highest BCUT2D eigenvalue weighted by Gasteiger charge is 2.32. The maximum Gasteiger partial charge on any atom is 0.417 e. The highest BCUT2D eigenvalue weighted by atomic mass is 19.4. The predicted molar refractivity (Wildman–Crippen MR) is 102 cm³/mol. The number of nitrogens with zero attached hydrogens (tertiary/aromatic N) is 4. The van der Waals surface area contributed by atoms with Gasteiger partial charge in [0.05, 0.1) is 12.1 Å². The lowest BCUT2D eigenvalue weighted by Gasteiger charge is -2.40. The van der Waals surface area contributed by atoms with E-state index in [4.69, 9.17) is 0 Å². The Balaban J connectivity index is 1.57. The first kappa shape index (κ1) is 20.9. The summed E-state index contributed by atoms with van der Waals surface area (Å²) in [6, 6.07) is 3.08. The molecule has 0 saturated carbocycles. The lowest BCUT2D eigenvalue weighted by Crippen LogP contribution is -2.51. The average Bonchev–Trinajstić information content (AvgIpc) is 2.86. The van der Waals surface area contributed by atoms with Gasteiger partial charge in [0.1, 0.15) is 5.82 Å². The smallest absolute Gasteiger partial charge is 0.355 e. The van der Waals surface area contributed by atoms with E-state index in [0.717, 1.165) is 44.6 Å². The average molecular weight is 398 g/mol. The van der Waals surface area contributed by atoms with Crippen LogP contribution in [0.25, 0.3) is 0 Å². The van der Waals surface area contributed by atoms with Crippen molar-refractivity contribution in [2.75, 3.05) is 37.6 Å². The molecule has 2 aliphatic rings. The number of pyridine rings is 1. The lowest BCUT2D eigenvalue weighted by atomic mass is 9.97. The molecule has 156 valence electrons. The maximum atomic E-state index is 12.8. The Labute approximate surface area is 164 Å². The molecule has 5 nitrogen and oxygen atoms in total. The Hall–Kier alpha value is -1.83. The van der Waals surface area contributed by atoms with Crippen LogP contribution in [0.15, 0.2) is 18.3 Å². The molecule has 2 fully saturated rings. The summed E-state index contributed by atoms with van der Waals surface area (Å²) in [5.74, 6) is 0.736. The van der Waals surface area contributed by atoms with Gasteiger partial charge in [0, 0.05) is 44.5 Å². The Kier molecular flexibility index (Phi) is 6.47. The zero-order valence-electron chi connectivity index (χ0n) is 16.6. The van der Waals surface area contributed by atoms with E-state index >= 15 is 0 Å². The maximum absolute atomic E-state index is 12.8. The van der Waals surface area contributed by atoms with Gasteiger partial charge < -0.3 is 9.80 Å². The van der Waals surface area contributed by atoms with Crippen molar-refractivity contribution in [2.24, 2.45) is 0 Å². The second-order valence-electron chi connectivity index (χ2n) is 7.95. The Morgan fingerprint density at radius 2 is 1.79 bits per heavy atom. The van der Waals surface area contributed by atoms with Crippen LogP contribution in [0.1, 0.15) is 45.1 Å². The molecular weight excluding hydrogens is 369 g/mol. The predicted octanol–water partition coefficient (Wildman–Crippen LogP) is 3.40. The van der Waals surface area contributed by atoms with Gasteiger partial charge >= 0.3 is 6.18 Å². The Morgan fingerprint density at radius 1 is 1.07 bits per heavy atom. The minimum Gasteiger partial charge on any atom is -0.355 e. The van der Waals surface area contributed by atoms with Gasteiger partial charge in [0.15, 0.2) is 0 Å². The van der Waals surface area contributed by atoms with Gasteiger partial charge in [0.25, 0.3) is 0 Å². The number of halogens is 3. The van der Waals surface area contributed by atoms with Crippen LogP contribution >= 0.6 is 0 Å². The Bertz CT molecular complexity index is 654. The van der Waals surface area contributed by atoms with Gasteiger partial charge in [-0.3, -0.25) is 9.69 Å². The molecule has 1 amide bonds. The van der Waals surface area contributed by atoms with Crippen LogP contribution < -0.4 is 4.90 Å². The number of piperidine rings is 1. The zero-order chi connectivity index (χ0) is 20.3. The van der Waals surface area contributed by atoms with Crippen LogP contribution in [0.4, 0.5) is 19.0 Å². The quantitative estimate of drug-likeness (QED) is 0.783. The van der Waals surface area contributed by atoms with Gasteiger partial charge in [-0.2, -0.15) is 13.2 Å². The molecule has 2 aliphatic heterocycles. The second kappa shape index (κ2) is 8.68. The first-order chi connectivity index (χ1) is 13.3. The second-order valence-corrected chi connectivity index (χ2v) is 7.95. The van der Waals surface area contributed by atoms with E-state index in [1.807, 2.05) is 9.80 Å². The standard InChI is InChI=1S/C20H29F3N4O/c1-15-5-3-6-16(2)27(15)19(28)14-25-9-4-10-26(12-11-25)18-8-7-17(13-24-18)20(21,22)23/h7-8,13,15-16H,3-6,9-12,14H2,1-2H3. The molecule has 1 aromatic rings. The van der Waals surface area contributed by atoms with Crippen molar-refractivity contribution in [2.45, 2.75) is 57.8 Å². The van der Waals surface area contributed by atoms with Gasteiger partial charge in [-0.15, -0.1) is 0 Å². The van der Waals surface area contributed by atoms with Crippen molar-refractivity contribution in [3.63, 3.8) is 0 Å². The van der Waals surface area contributed by atoms with E-state index < -0.39 is 11.7 Å². The number of hydrogen-bond donors (Lipinski definition) is 0. The number of carbonyl (C=O) groups is 1. The van der Waals surface area contributed by atoms with Crippen LogP contribution in [-0.4, -0.2) is 65.5 Å². The van der Waals surface area contributed by atoms with E-state index in [-0.39, 0.29) is 18.0 Å². The van der Waals surface area contributed by atoms with Crippen molar-refractivity contribution in [3.05, 3.63) is 23.9 Å². The van der Waals surface area contributed by atoms with Crippen LogP contribution in [0.5, 0.6) is 0 Å². The molecule has 0 bridgehead atoms. The molecule has 0 aliphatic carbocycles. The summed E-state index contributed by atoms with van der Waals surface area (Å²) >= 11 is 0.